The number of amides is 1. The van der Waals surface area contributed by atoms with Crippen molar-refractivity contribution in [2.75, 3.05) is 11.9 Å². The highest BCUT2D eigenvalue weighted by molar-refractivity contribution is 7.91. The van der Waals surface area contributed by atoms with Crippen molar-refractivity contribution in [2.45, 2.75) is 18.2 Å². The molecule has 1 aromatic rings. The van der Waals surface area contributed by atoms with E-state index in [9.17, 15) is 13.2 Å². The third-order valence-corrected chi connectivity index (χ3v) is 3.56. The molecule has 0 spiro atoms. The molecule has 10 heteroatoms. The Labute approximate surface area is 102 Å². The van der Waals surface area contributed by atoms with Crippen LogP contribution in [0.25, 0.3) is 0 Å². The number of aromatic nitrogens is 2. The van der Waals surface area contributed by atoms with Crippen molar-refractivity contribution in [3.63, 3.8) is 0 Å². The van der Waals surface area contributed by atoms with Gasteiger partial charge in [-0.2, -0.15) is 0 Å². The number of ether oxygens (including phenoxy) is 1. The molecule has 1 aromatic heterocycles. The van der Waals surface area contributed by atoms with Gasteiger partial charge in [-0.15, -0.1) is 10.2 Å². The maximum Gasteiger partial charge on any atom is 0.413 e. The van der Waals surface area contributed by atoms with E-state index in [-0.39, 0.29) is 22.0 Å². The summed E-state index contributed by atoms with van der Waals surface area (Å²) in [5.74, 6) is 0.204. The van der Waals surface area contributed by atoms with E-state index in [0.717, 1.165) is 0 Å². The van der Waals surface area contributed by atoms with Crippen LogP contribution in [0, 0.1) is 5.92 Å². The summed E-state index contributed by atoms with van der Waals surface area (Å²) in [7, 11) is -3.89. The average Bonchev–Trinajstić information content (AvgIpc) is 2.62. The molecular weight excluding hydrogens is 268 g/mol. The van der Waals surface area contributed by atoms with E-state index in [2.05, 4.69) is 15.5 Å². The van der Waals surface area contributed by atoms with Crippen molar-refractivity contribution in [1.29, 1.82) is 0 Å². The Morgan fingerprint density at radius 3 is 2.65 bits per heavy atom. The summed E-state index contributed by atoms with van der Waals surface area (Å²) >= 11 is 0.655. The largest absolute Gasteiger partial charge is 0.449 e. The summed E-state index contributed by atoms with van der Waals surface area (Å²) in [5, 5.41) is 13.9. The third-order valence-electron chi connectivity index (χ3n) is 1.41. The Morgan fingerprint density at radius 2 is 2.18 bits per heavy atom. The highest BCUT2D eigenvalue weighted by atomic mass is 32.2. The lowest BCUT2D eigenvalue weighted by Crippen LogP contribution is -2.16. The molecule has 0 unspecified atom stereocenters. The number of carbonyl (C=O) groups is 1. The van der Waals surface area contributed by atoms with E-state index in [4.69, 9.17) is 9.88 Å². The van der Waals surface area contributed by atoms with E-state index in [0.29, 0.717) is 11.3 Å². The first kappa shape index (κ1) is 13.8. The second-order valence-corrected chi connectivity index (χ2v) is 6.25. The van der Waals surface area contributed by atoms with Crippen molar-refractivity contribution < 1.29 is 17.9 Å². The van der Waals surface area contributed by atoms with Crippen LogP contribution in [0.5, 0.6) is 0 Å². The first-order valence-electron chi connectivity index (χ1n) is 4.59. The first-order valence-corrected chi connectivity index (χ1v) is 6.95. The first-order chi connectivity index (χ1) is 7.79. The average molecular weight is 280 g/mol. The predicted octanol–water partition coefficient (Wildman–Crippen LogP) is 0.390. The van der Waals surface area contributed by atoms with Crippen molar-refractivity contribution in [3.8, 4) is 0 Å². The lowest BCUT2D eigenvalue weighted by Gasteiger charge is -2.06. The molecule has 0 saturated carbocycles. The van der Waals surface area contributed by atoms with E-state index >= 15 is 0 Å². The molecule has 0 aliphatic rings. The summed E-state index contributed by atoms with van der Waals surface area (Å²) in [5.41, 5.74) is 0. The van der Waals surface area contributed by atoms with Crippen LogP contribution in [0.1, 0.15) is 13.8 Å². The molecule has 1 heterocycles. The summed E-state index contributed by atoms with van der Waals surface area (Å²) < 4.78 is 26.2. The summed E-state index contributed by atoms with van der Waals surface area (Å²) in [4.78, 5) is 11.2. The monoisotopic (exact) mass is 280 g/mol. The Morgan fingerprint density at radius 1 is 1.53 bits per heavy atom. The van der Waals surface area contributed by atoms with Gasteiger partial charge in [-0.05, 0) is 5.92 Å². The molecule has 0 aromatic carbocycles. The van der Waals surface area contributed by atoms with Crippen molar-refractivity contribution in [2.24, 2.45) is 11.1 Å². The standard InChI is InChI=1S/C7H12N4O4S2/c1-4(2)3-15-6(12)9-5-10-11-7(16-5)17(8,13)14/h4H,3H2,1-2H3,(H2,8,13,14)(H,9,10,12). The number of nitrogens with two attached hydrogens (primary N) is 1. The maximum atomic E-state index is 11.2. The van der Waals surface area contributed by atoms with Gasteiger partial charge in [0.1, 0.15) is 0 Å². The van der Waals surface area contributed by atoms with Gasteiger partial charge in [0.05, 0.1) is 6.61 Å². The minimum atomic E-state index is -3.89. The zero-order valence-corrected chi connectivity index (χ0v) is 10.8. The molecule has 0 aliphatic carbocycles. The molecule has 0 atom stereocenters. The molecule has 0 bridgehead atoms. The van der Waals surface area contributed by atoms with Gasteiger partial charge < -0.3 is 4.74 Å². The molecule has 0 aliphatic heterocycles. The fraction of sp³-hybridized carbons (Fsp3) is 0.571. The third kappa shape index (κ3) is 4.63. The second kappa shape index (κ2) is 5.38. The Balaban J connectivity index is 2.58. The highest BCUT2D eigenvalue weighted by Gasteiger charge is 2.16. The van der Waals surface area contributed by atoms with E-state index in [1.165, 1.54) is 0 Å². The van der Waals surface area contributed by atoms with Gasteiger partial charge in [0.25, 0.3) is 10.0 Å². The minimum absolute atomic E-state index is 0.0165. The van der Waals surface area contributed by atoms with Gasteiger partial charge in [0.2, 0.25) is 9.47 Å². The molecular formula is C7H12N4O4S2. The number of hydrogen-bond acceptors (Lipinski definition) is 7. The number of rotatable bonds is 4. The zero-order chi connectivity index (χ0) is 13.1. The molecule has 96 valence electrons. The molecule has 0 radical (unpaired) electrons. The van der Waals surface area contributed by atoms with E-state index < -0.39 is 16.1 Å². The number of sulfonamides is 1. The second-order valence-electron chi connectivity index (χ2n) is 3.54. The van der Waals surface area contributed by atoms with Crippen LogP contribution in [0.15, 0.2) is 4.34 Å². The topological polar surface area (TPSA) is 124 Å². The normalized spacial score (nSPS) is 11.5. The smallest absolute Gasteiger partial charge is 0.413 e. The lowest BCUT2D eigenvalue weighted by atomic mass is 10.2. The van der Waals surface area contributed by atoms with Crippen LogP contribution >= 0.6 is 11.3 Å². The van der Waals surface area contributed by atoms with Crippen LogP contribution in [-0.2, 0) is 14.8 Å². The number of anilines is 1. The highest BCUT2D eigenvalue weighted by Crippen LogP contribution is 2.18. The quantitative estimate of drug-likeness (QED) is 0.769. The van der Waals surface area contributed by atoms with Gasteiger partial charge in [-0.3, -0.25) is 5.32 Å². The SMILES string of the molecule is CC(C)COC(=O)Nc1nnc(S(N)(=O)=O)s1. The fourth-order valence-corrected chi connectivity index (χ4v) is 2.06. The summed E-state index contributed by atoms with van der Waals surface area (Å²) in [6.45, 7) is 4.03. The van der Waals surface area contributed by atoms with Crippen molar-refractivity contribution in [1.82, 2.24) is 10.2 Å². The lowest BCUT2D eigenvalue weighted by molar-refractivity contribution is 0.147. The van der Waals surface area contributed by atoms with Crippen molar-refractivity contribution >= 4 is 32.6 Å². The van der Waals surface area contributed by atoms with Gasteiger partial charge in [0, 0.05) is 0 Å². The summed E-state index contributed by atoms with van der Waals surface area (Å²) in [6, 6.07) is 0. The molecule has 1 amide bonds. The molecule has 0 fully saturated rings. The minimum Gasteiger partial charge on any atom is -0.449 e. The van der Waals surface area contributed by atoms with E-state index in [1.54, 1.807) is 0 Å². The Bertz CT molecular complexity index is 496. The Kier molecular flexibility index (Phi) is 4.37. The van der Waals surface area contributed by atoms with Crippen LogP contribution < -0.4 is 10.5 Å². The molecule has 17 heavy (non-hydrogen) atoms. The number of hydrogen-bond donors (Lipinski definition) is 2. The van der Waals surface area contributed by atoms with Crippen molar-refractivity contribution in [3.05, 3.63) is 0 Å². The maximum absolute atomic E-state index is 11.2. The number of primary sulfonamides is 1. The molecule has 0 saturated heterocycles. The van der Waals surface area contributed by atoms with Crippen LogP contribution in [-0.4, -0.2) is 31.3 Å². The zero-order valence-electron chi connectivity index (χ0n) is 9.21. The number of nitrogens with one attached hydrogen (secondary N) is 1. The summed E-state index contributed by atoms with van der Waals surface area (Å²) in [6.07, 6.45) is -0.712. The van der Waals surface area contributed by atoms with Crippen LogP contribution in [0.4, 0.5) is 9.93 Å². The Hall–Kier alpha value is -1.26. The van der Waals surface area contributed by atoms with Crippen LogP contribution in [0.2, 0.25) is 0 Å². The molecule has 1 rings (SSSR count). The number of carbonyl (C=O) groups excluding carboxylic acids is 1. The van der Waals surface area contributed by atoms with Gasteiger partial charge in [0.15, 0.2) is 0 Å². The van der Waals surface area contributed by atoms with Gasteiger partial charge in [-0.1, -0.05) is 25.2 Å². The molecule has 8 nitrogen and oxygen atoms in total. The van der Waals surface area contributed by atoms with Gasteiger partial charge >= 0.3 is 6.09 Å². The molecule has 3 N–H and O–H groups in total. The van der Waals surface area contributed by atoms with Crippen LogP contribution in [0.3, 0.4) is 0 Å². The van der Waals surface area contributed by atoms with E-state index in [1.807, 2.05) is 13.8 Å². The predicted molar refractivity (Wildman–Crippen MR) is 61.1 cm³/mol. The fourth-order valence-electron chi connectivity index (χ4n) is 0.741. The van der Waals surface area contributed by atoms with Gasteiger partial charge in [-0.25, -0.2) is 18.4 Å². The number of nitrogens with zero attached hydrogens (tertiary/aromatic N) is 2.